The fourth-order valence-electron chi connectivity index (χ4n) is 1.87. The standard InChI is InChI=1S/C16H21NO2S2/c1-16(2,21(3,18)19)12-17-10-15-9-14(11-20-15)13-7-5-4-6-8-13/h4-9,11,17H,10,12H2,1-3H3. The maximum atomic E-state index is 11.6. The van der Waals surface area contributed by atoms with Gasteiger partial charge in [0.2, 0.25) is 0 Å². The molecule has 114 valence electrons. The van der Waals surface area contributed by atoms with Crippen LogP contribution in [0.4, 0.5) is 0 Å². The highest BCUT2D eigenvalue weighted by Gasteiger charge is 2.29. The van der Waals surface area contributed by atoms with Gasteiger partial charge in [-0.1, -0.05) is 30.3 Å². The van der Waals surface area contributed by atoms with Gasteiger partial charge in [-0.15, -0.1) is 11.3 Å². The third kappa shape index (κ3) is 4.15. The molecule has 0 spiro atoms. The zero-order valence-electron chi connectivity index (χ0n) is 12.6. The second kappa shape index (κ2) is 6.30. The van der Waals surface area contributed by atoms with Gasteiger partial charge >= 0.3 is 0 Å². The van der Waals surface area contributed by atoms with Crippen LogP contribution in [0.15, 0.2) is 41.8 Å². The van der Waals surface area contributed by atoms with Gasteiger partial charge in [-0.25, -0.2) is 8.42 Å². The van der Waals surface area contributed by atoms with E-state index in [1.807, 2.05) is 18.2 Å². The van der Waals surface area contributed by atoms with Crippen LogP contribution in [0.5, 0.6) is 0 Å². The van der Waals surface area contributed by atoms with Gasteiger partial charge in [-0.05, 0) is 36.4 Å². The second-order valence-corrected chi connectivity index (χ2v) is 9.45. The Bertz CT molecular complexity index is 688. The van der Waals surface area contributed by atoms with E-state index in [0.29, 0.717) is 13.1 Å². The second-order valence-electron chi connectivity index (χ2n) is 5.80. The molecule has 0 saturated heterocycles. The van der Waals surface area contributed by atoms with Gasteiger partial charge in [0.25, 0.3) is 0 Å². The summed E-state index contributed by atoms with van der Waals surface area (Å²) in [5.74, 6) is 0. The first-order chi connectivity index (χ1) is 9.79. The minimum atomic E-state index is -3.05. The van der Waals surface area contributed by atoms with Crippen LogP contribution in [0.1, 0.15) is 18.7 Å². The third-order valence-electron chi connectivity index (χ3n) is 3.61. The minimum Gasteiger partial charge on any atom is -0.310 e. The number of benzene rings is 1. The summed E-state index contributed by atoms with van der Waals surface area (Å²) in [6.45, 7) is 4.64. The molecule has 0 atom stereocenters. The van der Waals surface area contributed by atoms with Crippen molar-refractivity contribution in [2.45, 2.75) is 25.1 Å². The summed E-state index contributed by atoms with van der Waals surface area (Å²) in [6.07, 6.45) is 1.29. The van der Waals surface area contributed by atoms with Crippen LogP contribution in [0, 0.1) is 0 Å². The van der Waals surface area contributed by atoms with Gasteiger partial charge in [-0.3, -0.25) is 0 Å². The van der Waals surface area contributed by atoms with Crippen molar-refractivity contribution in [1.29, 1.82) is 0 Å². The highest BCUT2D eigenvalue weighted by Crippen LogP contribution is 2.25. The molecule has 3 nitrogen and oxygen atoms in total. The van der Waals surface area contributed by atoms with E-state index in [1.54, 1.807) is 25.2 Å². The van der Waals surface area contributed by atoms with Crippen LogP contribution in [-0.4, -0.2) is 26.0 Å². The molecular formula is C16H21NO2S2. The first-order valence-corrected chi connectivity index (χ1v) is 9.60. The molecule has 1 heterocycles. The van der Waals surface area contributed by atoms with Crippen molar-refractivity contribution in [3.8, 4) is 11.1 Å². The summed E-state index contributed by atoms with van der Waals surface area (Å²) in [5, 5.41) is 5.38. The van der Waals surface area contributed by atoms with E-state index >= 15 is 0 Å². The Hall–Kier alpha value is -1.17. The molecule has 0 aliphatic rings. The fraction of sp³-hybridized carbons (Fsp3) is 0.375. The highest BCUT2D eigenvalue weighted by molar-refractivity contribution is 7.92. The van der Waals surface area contributed by atoms with Gasteiger partial charge in [0.15, 0.2) is 9.84 Å². The Balaban J connectivity index is 1.96. The summed E-state index contributed by atoms with van der Waals surface area (Å²) in [7, 11) is -3.05. The molecule has 21 heavy (non-hydrogen) atoms. The zero-order chi connectivity index (χ0) is 15.5. The van der Waals surface area contributed by atoms with E-state index in [4.69, 9.17) is 0 Å². The summed E-state index contributed by atoms with van der Waals surface area (Å²) in [6, 6.07) is 12.4. The predicted octanol–water partition coefficient (Wildman–Crippen LogP) is 3.33. The van der Waals surface area contributed by atoms with E-state index < -0.39 is 14.6 Å². The van der Waals surface area contributed by atoms with Gasteiger partial charge in [0.05, 0.1) is 4.75 Å². The molecule has 2 rings (SSSR count). The quantitative estimate of drug-likeness (QED) is 0.887. The maximum Gasteiger partial charge on any atom is 0.153 e. The van der Waals surface area contributed by atoms with Gasteiger partial charge in [0.1, 0.15) is 0 Å². The molecule has 1 aromatic carbocycles. The smallest absolute Gasteiger partial charge is 0.153 e. The summed E-state index contributed by atoms with van der Waals surface area (Å²) in [5.41, 5.74) is 2.41. The van der Waals surface area contributed by atoms with Crippen LogP contribution in [0.3, 0.4) is 0 Å². The van der Waals surface area contributed by atoms with Crippen molar-refractivity contribution >= 4 is 21.2 Å². The number of thiophene rings is 1. The molecule has 0 aliphatic heterocycles. The lowest BCUT2D eigenvalue weighted by Crippen LogP contribution is -2.41. The number of hydrogen-bond donors (Lipinski definition) is 1. The van der Waals surface area contributed by atoms with Gasteiger partial charge < -0.3 is 5.32 Å². The molecule has 0 radical (unpaired) electrons. The molecule has 0 saturated carbocycles. The molecule has 0 amide bonds. The summed E-state index contributed by atoms with van der Waals surface area (Å²) < 4.78 is 22.6. The highest BCUT2D eigenvalue weighted by atomic mass is 32.2. The number of sulfone groups is 1. The Morgan fingerprint density at radius 1 is 1.14 bits per heavy atom. The Morgan fingerprint density at radius 3 is 2.43 bits per heavy atom. The van der Waals surface area contributed by atoms with Crippen LogP contribution in [0.25, 0.3) is 11.1 Å². The Kier molecular flexibility index (Phi) is 4.86. The zero-order valence-corrected chi connectivity index (χ0v) is 14.2. The van der Waals surface area contributed by atoms with Crippen molar-refractivity contribution in [2.24, 2.45) is 0 Å². The molecule has 2 aromatic rings. The lowest BCUT2D eigenvalue weighted by atomic mass is 10.1. The summed E-state index contributed by atoms with van der Waals surface area (Å²) >= 11 is 1.69. The van der Waals surface area contributed by atoms with E-state index in [1.165, 1.54) is 22.3 Å². The van der Waals surface area contributed by atoms with Crippen LogP contribution >= 0.6 is 11.3 Å². The van der Waals surface area contributed by atoms with E-state index in [0.717, 1.165) is 0 Å². The first kappa shape index (κ1) is 16.2. The first-order valence-electron chi connectivity index (χ1n) is 6.83. The van der Waals surface area contributed by atoms with Crippen LogP contribution < -0.4 is 5.32 Å². The van der Waals surface area contributed by atoms with Gasteiger partial charge in [-0.2, -0.15) is 0 Å². The maximum absolute atomic E-state index is 11.6. The van der Waals surface area contributed by atoms with E-state index in [9.17, 15) is 8.42 Å². The lowest BCUT2D eigenvalue weighted by Gasteiger charge is -2.22. The van der Waals surface area contributed by atoms with Crippen molar-refractivity contribution in [3.63, 3.8) is 0 Å². The molecule has 0 bridgehead atoms. The Morgan fingerprint density at radius 2 is 1.81 bits per heavy atom. The SMILES string of the molecule is CC(C)(CNCc1cc(-c2ccccc2)cs1)S(C)(=O)=O. The minimum absolute atomic E-state index is 0.449. The van der Waals surface area contributed by atoms with E-state index in [-0.39, 0.29) is 0 Å². The average molecular weight is 323 g/mol. The number of hydrogen-bond acceptors (Lipinski definition) is 4. The van der Waals surface area contributed by atoms with Crippen molar-refractivity contribution in [2.75, 3.05) is 12.8 Å². The topological polar surface area (TPSA) is 46.2 Å². The number of rotatable bonds is 6. The molecule has 1 N–H and O–H groups in total. The monoisotopic (exact) mass is 323 g/mol. The normalized spacial score (nSPS) is 12.5. The van der Waals surface area contributed by atoms with Crippen LogP contribution in [0.2, 0.25) is 0 Å². The number of nitrogens with one attached hydrogen (secondary N) is 1. The fourth-order valence-corrected chi connectivity index (χ4v) is 3.10. The lowest BCUT2D eigenvalue weighted by molar-refractivity contribution is 0.522. The molecule has 5 heteroatoms. The molecule has 1 aromatic heterocycles. The molecule has 0 fully saturated rings. The summed E-state index contributed by atoms with van der Waals surface area (Å²) in [4.78, 5) is 1.21. The Labute approximate surface area is 130 Å². The van der Waals surface area contributed by atoms with Crippen LogP contribution in [-0.2, 0) is 16.4 Å². The molecule has 0 unspecified atom stereocenters. The van der Waals surface area contributed by atoms with Crippen molar-refractivity contribution in [1.82, 2.24) is 5.32 Å². The van der Waals surface area contributed by atoms with Crippen molar-refractivity contribution in [3.05, 3.63) is 46.7 Å². The predicted molar refractivity (Wildman–Crippen MR) is 90.4 cm³/mol. The largest absolute Gasteiger partial charge is 0.310 e. The average Bonchev–Trinajstić information content (AvgIpc) is 2.87. The van der Waals surface area contributed by atoms with Gasteiger partial charge in [0, 0.05) is 24.2 Å². The molecule has 0 aliphatic carbocycles. The third-order valence-corrected chi connectivity index (χ3v) is 6.70. The van der Waals surface area contributed by atoms with E-state index in [2.05, 4.69) is 28.9 Å². The molecular weight excluding hydrogens is 302 g/mol. The van der Waals surface area contributed by atoms with Crippen molar-refractivity contribution < 1.29 is 8.42 Å².